The Labute approximate surface area is 141 Å². The van der Waals surface area contributed by atoms with Gasteiger partial charge in [-0.1, -0.05) is 12.1 Å². The molecule has 0 aliphatic carbocycles. The van der Waals surface area contributed by atoms with Crippen molar-refractivity contribution in [3.05, 3.63) is 46.9 Å². The maximum atomic E-state index is 13.7. The zero-order valence-corrected chi connectivity index (χ0v) is 14.1. The van der Waals surface area contributed by atoms with E-state index in [4.69, 9.17) is 5.73 Å². The van der Waals surface area contributed by atoms with Gasteiger partial charge in [0.25, 0.3) is 0 Å². The Bertz CT molecular complexity index is 755. The van der Waals surface area contributed by atoms with Gasteiger partial charge in [-0.25, -0.2) is 9.07 Å². The SMILES string of the molecule is Cc1cc(N)n(CC(=O)N2CCC(Cc3ccc(C)c(F)c3)C2)n1. The zero-order valence-electron chi connectivity index (χ0n) is 14.1. The van der Waals surface area contributed by atoms with Crippen LogP contribution in [0.3, 0.4) is 0 Å². The molecule has 24 heavy (non-hydrogen) atoms. The summed E-state index contributed by atoms with van der Waals surface area (Å²) in [6.07, 6.45) is 1.73. The molecule has 1 atom stereocenters. The molecule has 1 unspecified atom stereocenters. The lowest BCUT2D eigenvalue weighted by Gasteiger charge is -2.17. The van der Waals surface area contributed by atoms with Gasteiger partial charge in [0.05, 0.1) is 5.69 Å². The Hall–Kier alpha value is -2.37. The molecule has 0 spiro atoms. The van der Waals surface area contributed by atoms with Crippen LogP contribution in [0.1, 0.15) is 23.2 Å². The normalized spacial score (nSPS) is 17.5. The third-order valence-corrected chi connectivity index (χ3v) is 4.62. The number of nitrogen functional groups attached to an aromatic ring is 1. The van der Waals surface area contributed by atoms with E-state index >= 15 is 0 Å². The fraction of sp³-hybridized carbons (Fsp3) is 0.444. The number of hydrogen-bond acceptors (Lipinski definition) is 3. The van der Waals surface area contributed by atoms with Crippen LogP contribution >= 0.6 is 0 Å². The average Bonchev–Trinajstić information content (AvgIpc) is 3.10. The maximum absolute atomic E-state index is 13.7. The molecular formula is C18H23FN4O. The molecule has 1 amide bonds. The smallest absolute Gasteiger partial charge is 0.244 e. The van der Waals surface area contributed by atoms with Crippen molar-refractivity contribution >= 4 is 11.7 Å². The number of halogens is 1. The van der Waals surface area contributed by atoms with E-state index < -0.39 is 0 Å². The van der Waals surface area contributed by atoms with Gasteiger partial charge in [-0.2, -0.15) is 5.10 Å². The van der Waals surface area contributed by atoms with Crippen LogP contribution in [0.2, 0.25) is 0 Å². The highest BCUT2D eigenvalue weighted by molar-refractivity contribution is 5.76. The van der Waals surface area contributed by atoms with Crippen molar-refractivity contribution in [2.24, 2.45) is 5.92 Å². The molecule has 0 radical (unpaired) electrons. The van der Waals surface area contributed by atoms with Gasteiger partial charge < -0.3 is 10.6 Å². The molecule has 2 heterocycles. The first-order chi connectivity index (χ1) is 11.4. The highest BCUT2D eigenvalue weighted by Gasteiger charge is 2.27. The number of nitrogens with zero attached hydrogens (tertiary/aromatic N) is 3. The summed E-state index contributed by atoms with van der Waals surface area (Å²) >= 11 is 0. The summed E-state index contributed by atoms with van der Waals surface area (Å²) < 4.78 is 15.2. The Morgan fingerprint density at radius 2 is 2.17 bits per heavy atom. The Morgan fingerprint density at radius 1 is 1.38 bits per heavy atom. The van der Waals surface area contributed by atoms with E-state index in [9.17, 15) is 9.18 Å². The number of likely N-dealkylation sites (tertiary alicyclic amines) is 1. The third-order valence-electron chi connectivity index (χ3n) is 4.62. The molecule has 2 N–H and O–H groups in total. The van der Waals surface area contributed by atoms with Crippen molar-refractivity contribution in [1.82, 2.24) is 14.7 Å². The van der Waals surface area contributed by atoms with Gasteiger partial charge in [0.2, 0.25) is 5.91 Å². The van der Waals surface area contributed by atoms with Crippen LogP contribution in [0.4, 0.5) is 10.2 Å². The summed E-state index contributed by atoms with van der Waals surface area (Å²) in [5, 5.41) is 4.23. The molecule has 5 nitrogen and oxygen atoms in total. The minimum Gasteiger partial charge on any atom is -0.384 e. The number of aryl methyl sites for hydroxylation is 2. The number of aromatic nitrogens is 2. The average molecular weight is 330 g/mol. The van der Waals surface area contributed by atoms with Gasteiger partial charge in [0.1, 0.15) is 18.2 Å². The quantitative estimate of drug-likeness (QED) is 0.936. The first-order valence-corrected chi connectivity index (χ1v) is 8.25. The first kappa shape index (κ1) is 16.5. The van der Waals surface area contributed by atoms with Crippen molar-refractivity contribution in [2.75, 3.05) is 18.8 Å². The second-order valence-electron chi connectivity index (χ2n) is 6.65. The molecule has 1 fully saturated rings. The van der Waals surface area contributed by atoms with E-state index in [0.29, 0.717) is 23.8 Å². The van der Waals surface area contributed by atoms with Gasteiger partial charge in [0, 0.05) is 19.2 Å². The molecule has 3 rings (SSSR count). The number of carbonyl (C=O) groups excluding carboxylic acids is 1. The molecule has 1 saturated heterocycles. The Kier molecular flexibility index (Phi) is 4.55. The monoisotopic (exact) mass is 330 g/mol. The van der Waals surface area contributed by atoms with Gasteiger partial charge in [-0.15, -0.1) is 0 Å². The van der Waals surface area contributed by atoms with Crippen LogP contribution in [-0.4, -0.2) is 33.7 Å². The second-order valence-corrected chi connectivity index (χ2v) is 6.65. The second kappa shape index (κ2) is 6.63. The minimum absolute atomic E-state index is 0.0300. The van der Waals surface area contributed by atoms with Gasteiger partial charge in [-0.05, 0) is 49.8 Å². The summed E-state index contributed by atoms with van der Waals surface area (Å²) in [6.45, 7) is 5.22. The van der Waals surface area contributed by atoms with Crippen LogP contribution in [0.15, 0.2) is 24.3 Å². The lowest BCUT2D eigenvalue weighted by atomic mass is 9.98. The van der Waals surface area contributed by atoms with Gasteiger partial charge in [0.15, 0.2) is 0 Å². The number of hydrogen-bond donors (Lipinski definition) is 1. The molecule has 0 bridgehead atoms. The van der Waals surface area contributed by atoms with E-state index in [0.717, 1.165) is 30.6 Å². The van der Waals surface area contributed by atoms with Crippen molar-refractivity contribution in [3.63, 3.8) is 0 Å². The molecule has 0 saturated carbocycles. The van der Waals surface area contributed by atoms with Crippen molar-refractivity contribution in [1.29, 1.82) is 0 Å². The molecular weight excluding hydrogens is 307 g/mol. The molecule has 1 aromatic carbocycles. The molecule has 2 aromatic rings. The lowest BCUT2D eigenvalue weighted by molar-refractivity contribution is -0.131. The molecule has 1 aliphatic rings. The van der Waals surface area contributed by atoms with E-state index in [1.54, 1.807) is 23.7 Å². The van der Waals surface area contributed by atoms with Crippen molar-refractivity contribution in [2.45, 2.75) is 33.2 Å². The number of nitrogens with two attached hydrogens (primary N) is 1. The lowest BCUT2D eigenvalue weighted by Crippen LogP contribution is -2.32. The van der Waals surface area contributed by atoms with E-state index in [2.05, 4.69) is 5.10 Å². The topological polar surface area (TPSA) is 64.2 Å². The third kappa shape index (κ3) is 3.58. The fourth-order valence-corrected chi connectivity index (χ4v) is 3.24. The number of rotatable bonds is 4. The molecule has 128 valence electrons. The fourth-order valence-electron chi connectivity index (χ4n) is 3.24. The molecule has 1 aromatic heterocycles. The minimum atomic E-state index is -0.164. The summed E-state index contributed by atoms with van der Waals surface area (Å²) in [5.74, 6) is 0.741. The van der Waals surface area contributed by atoms with Crippen molar-refractivity contribution in [3.8, 4) is 0 Å². The largest absolute Gasteiger partial charge is 0.384 e. The predicted octanol–water partition coefficient (Wildman–Crippen LogP) is 2.31. The summed E-state index contributed by atoms with van der Waals surface area (Å²) in [4.78, 5) is 14.3. The van der Waals surface area contributed by atoms with Gasteiger partial charge >= 0.3 is 0 Å². The Balaban J connectivity index is 1.57. The summed E-state index contributed by atoms with van der Waals surface area (Å²) in [5.41, 5.74) is 8.30. The number of carbonyl (C=O) groups is 1. The van der Waals surface area contributed by atoms with Crippen LogP contribution in [0.25, 0.3) is 0 Å². The number of benzene rings is 1. The highest BCUT2D eigenvalue weighted by Crippen LogP contribution is 2.22. The van der Waals surface area contributed by atoms with Crippen LogP contribution in [-0.2, 0) is 17.8 Å². The Morgan fingerprint density at radius 3 is 2.83 bits per heavy atom. The van der Waals surface area contributed by atoms with Crippen LogP contribution < -0.4 is 5.73 Å². The van der Waals surface area contributed by atoms with E-state index in [1.807, 2.05) is 24.0 Å². The maximum Gasteiger partial charge on any atom is 0.244 e. The molecule has 1 aliphatic heterocycles. The van der Waals surface area contributed by atoms with Crippen LogP contribution in [0.5, 0.6) is 0 Å². The van der Waals surface area contributed by atoms with E-state index in [-0.39, 0.29) is 18.3 Å². The van der Waals surface area contributed by atoms with Crippen LogP contribution in [0, 0.1) is 25.6 Å². The zero-order chi connectivity index (χ0) is 17.3. The highest BCUT2D eigenvalue weighted by atomic mass is 19.1. The first-order valence-electron chi connectivity index (χ1n) is 8.25. The van der Waals surface area contributed by atoms with E-state index in [1.165, 1.54) is 0 Å². The summed E-state index contributed by atoms with van der Waals surface area (Å²) in [6, 6.07) is 7.14. The molecule has 6 heteroatoms. The predicted molar refractivity (Wildman–Crippen MR) is 90.9 cm³/mol. The number of anilines is 1. The van der Waals surface area contributed by atoms with Crippen molar-refractivity contribution < 1.29 is 9.18 Å². The van der Waals surface area contributed by atoms with Gasteiger partial charge in [-0.3, -0.25) is 4.79 Å². The summed E-state index contributed by atoms with van der Waals surface area (Å²) in [7, 11) is 0. The number of amides is 1. The standard InChI is InChI=1S/C18H23FN4O/c1-12-3-4-14(9-16(12)19)8-15-5-6-22(10-15)18(24)11-23-17(20)7-13(2)21-23/h3-4,7,9,15H,5-6,8,10-11,20H2,1-2H3.